The quantitative estimate of drug-likeness (QED) is 0.614. The van der Waals surface area contributed by atoms with Crippen molar-refractivity contribution in [1.82, 2.24) is 24.7 Å². The summed E-state index contributed by atoms with van der Waals surface area (Å²) in [5, 5.41) is 4.47. The van der Waals surface area contributed by atoms with Gasteiger partial charge in [-0.15, -0.1) is 0 Å². The van der Waals surface area contributed by atoms with Crippen molar-refractivity contribution in [3.05, 3.63) is 36.4 Å². The lowest BCUT2D eigenvalue weighted by Gasteiger charge is -2.49. The van der Waals surface area contributed by atoms with Crippen LogP contribution in [-0.4, -0.2) is 64.1 Å². The van der Waals surface area contributed by atoms with Gasteiger partial charge in [0.05, 0.1) is 25.0 Å². The molecule has 0 amide bonds. The molecule has 0 aromatic carbocycles. The molecule has 0 N–H and O–H groups in total. The highest BCUT2D eigenvalue weighted by atomic mass is 19.4. The lowest BCUT2D eigenvalue weighted by atomic mass is 9.79. The van der Waals surface area contributed by atoms with Crippen molar-refractivity contribution in [1.29, 1.82) is 0 Å². The van der Waals surface area contributed by atoms with E-state index in [1.807, 2.05) is 9.58 Å². The number of ether oxygens (including phenoxy) is 1. The number of hydrogen-bond acceptors (Lipinski definition) is 7. The number of aromatic nitrogens is 5. The van der Waals surface area contributed by atoms with E-state index in [9.17, 15) is 13.2 Å². The van der Waals surface area contributed by atoms with E-state index in [0.29, 0.717) is 12.3 Å². The van der Waals surface area contributed by atoms with Crippen LogP contribution in [0.25, 0.3) is 11.2 Å². The molecular weight excluding hydrogens is 423 g/mol. The van der Waals surface area contributed by atoms with Gasteiger partial charge in [-0.2, -0.15) is 18.3 Å². The van der Waals surface area contributed by atoms with Gasteiger partial charge in [0.15, 0.2) is 5.65 Å². The Bertz CT molecular complexity index is 1150. The van der Waals surface area contributed by atoms with Crippen molar-refractivity contribution in [3.8, 4) is 0 Å². The van der Waals surface area contributed by atoms with Crippen molar-refractivity contribution in [2.45, 2.75) is 25.1 Å². The Labute approximate surface area is 182 Å². The lowest BCUT2D eigenvalue weighted by molar-refractivity contribution is -0.141. The number of hydrogen-bond donors (Lipinski definition) is 0. The summed E-state index contributed by atoms with van der Waals surface area (Å²) in [6, 6.07) is 2.96. The van der Waals surface area contributed by atoms with Gasteiger partial charge in [0.1, 0.15) is 17.0 Å². The molecule has 0 aliphatic carbocycles. The van der Waals surface area contributed by atoms with Gasteiger partial charge in [-0.3, -0.25) is 4.98 Å². The summed E-state index contributed by atoms with van der Waals surface area (Å²) in [4.78, 5) is 17.1. The molecule has 168 valence electrons. The number of pyridine rings is 1. The molecule has 0 saturated carbocycles. The molecule has 3 aliphatic rings. The van der Waals surface area contributed by atoms with Crippen molar-refractivity contribution in [3.63, 3.8) is 0 Å². The number of rotatable bonds is 3. The summed E-state index contributed by atoms with van der Waals surface area (Å²) in [6.45, 7) is 4.46. The fourth-order valence-corrected chi connectivity index (χ4v) is 5.05. The molecule has 3 fully saturated rings. The molecule has 0 unspecified atom stereocenters. The molecule has 0 bridgehead atoms. The van der Waals surface area contributed by atoms with Crippen LogP contribution in [0, 0.1) is 5.41 Å². The predicted molar refractivity (Wildman–Crippen MR) is 111 cm³/mol. The Morgan fingerprint density at radius 3 is 2.72 bits per heavy atom. The maximum Gasteiger partial charge on any atom is 0.433 e. The van der Waals surface area contributed by atoms with E-state index in [2.05, 4.69) is 20.0 Å². The Kier molecular flexibility index (Phi) is 4.33. The molecule has 3 aliphatic heterocycles. The van der Waals surface area contributed by atoms with E-state index in [4.69, 9.17) is 9.72 Å². The van der Waals surface area contributed by atoms with Crippen molar-refractivity contribution in [2.24, 2.45) is 5.41 Å². The number of nitrogens with zero attached hydrogens (tertiary/aromatic N) is 7. The third kappa shape index (κ3) is 3.26. The standard InChI is InChI=1S/C21H22F3N7O/c22-21(23,24)17-7-14(1-4-25-17)30-12-20(13-30)3-5-29(11-20)18-9-26-16-8-27-31(19(16)28-18)15-2-6-32-10-15/h1,4,7-9,15H,2-3,5-6,10-13H2/t15-/m0/s1. The first-order chi connectivity index (χ1) is 15.4. The summed E-state index contributed by atoms with van der Waals surface area (Å²) >= 11 is 0. The van der Waals surface area contributed by atoms with E-state index in [0.717, 1.165) is 68.7 Å². The zero-order valence-electron chi connectivity index (χ0n) is 17.3. The lowest BCUT2D eigenvalue weighted by Crippen LogP contribution is -2.57. The second-order valence-corrected chi connectivity index (χ2v) is 8.97. The number of halogens is 3. The fourth-order valence-electron chi connectivity index (χ4n) is 5.05. The maximum atomic E-state index is 13.0. The summed E-state index contributed by atoms with van der Waals surface area (Å²) in [7, 11) is 0. The molecule has 32 heavy (non-hydrogen) atoms. The van der Waals surface area contributed by atoms with Gasteiger partial charge < -0.3 is 14.5 Å². The minimum Gasteiger partial charge on any atom is -0.379 e. The highest BCUT2D eigenvalue weighted by Gasteiger charge is 2.48. The molecule has 8 nitrogen and oxygen atoms in total. The molecule has 6 heterocycles. The molecule has 1 atom stereocenters. The first-order valence-corrected chi connectivity index (χ1v) is 10.7. The van der Waals surface area contributed by atoms with Gasteiger partial charge in [-0.05, 0) is 25.0 Å². The van der Waals surface area contributed by atoms with Crippen LogP contribution in [0.1, 0.15) is 24.6 Å². The smallest absolute Gasteiger partial charge is 0.379 e. The maximum absolute atomic E-state index is 13.0. The van der Waals surface area contributed by atoms with Gasteiger partial charge >= 0.3 is 6.18 Å². The molecule has 11 heteroatoms. The van der Waals surface area contributed by atoms with Gasteiger partial charge in [-0.25, -0.2) is 14.6 Å². The van der Waals surface area contributed by atoms with Crippen LogP contribution in [0.4, 0.5) is 24.7 Å². The third-order valence-corrected chi connectivity index (χ3v) is 6.76. The summed E-state index contributed by atoms with van der Waals surface area (Å²) < 4.78 is 46.4. The van der Waals surface area contributed by atoms with Crippen LogP contribution in [0.3, 0.4) is 0 Å². The average molecular weight is 445 g/mol. The zero-order chi connectivity index (χ0) is 21.9. The van der Waals surface area contributed by atoms with Gasteiger partial charge in [0.2, 0.25) is 0 Å². The largest absolute Gasteiger partial charge is 0.433 e. The van der Waals surface area contributed by atoms with E-state index in [-0.39, 0.29) is 11.5 Å². The zero-order valence-corrected chi connectivity index (χ0v) is 17.3. The SMILES string of the molecule is FC(F)(F)c1cc(N2CC3(CCN(c4cnc5cnn([C@H]6CCOC6)c5n4)C3)C2)ccn1. The van der Waals surface area contributed by atoms with Gasteiger partial charge in [0, 0.05) is 50.1 Å². The molecule has 1 spiro atoms. The van der Waals surface area contributed by atoms with Crippen LogP contribution in [0.2, 0.25) is 0 Å². The topological polar surface area (TPSA) is 72.2 Å². The molecular formula is C21H22F3N7O. The first kappa shape index (κ1) is 19.7. The van der Waals surface area contributed by atoms with Crippen molar-refractivity contribution in [2.75, 3.05) is 49.2 Å². The highest BCUT2D eigenvalue weighted by Crippen LogP contribution is 2.43. The summed E-state index contributed by atoms with van der Waals surface area (Å²) in [5.41, 5.74) is 1.31. The van der Waals surface area contributed by atoms with Crippen molar-refractivity contribution < 1.29 is 17.9 Å². The minimum atomic E-state index is -4.43. The van der Waals surface area contributed by atoms with Crippen LogP contribution < -0.4 is 9.80 Å². The second-order valence-electron chi connectivity index (χ2n) is 8.97. The Hall–Kier alpha value is -2.95. The number of alkyl halides is 3. The normalized spacial score (nSPS) is 22.8. The summed E-state index contributed by atoms with van der Waals surface area (Å²) in [6.07, 6.45) is 2.20. The fraction of sp³-hybridized carbons (Fsp3) is 0.524. The molecule has 6 rings (SSSR count). The Morgan fingerprint density at radius 2 is 1.94 bits per heavy atom. The van der Waals surface area contributed by atoms with E-state index in [1.54, 1.807) is 18.5 Å². The van der Waals surface area contributed by atoms with E-state index >= 15 is 0 Å². The van der Waals surface area contributed by atoms with Crippen LogP contribution in [-0.2, 0) is 10.9 Å². The van der Waals surface area contributed by atoms with E-state index < -0.39 is 11.9 Å². The van der Waals surface area contributed by atoms with Crippen LogP contribution >= 0.6 is 0 Å². The van der Waals surface area contributed by atoms with Crippen molar-refractivity contribution >= 4 is 22.7 Å². The monoisotopic (exact) mass is 445 g/mol. The van der Waals surface area contributed by atoms with Crippen LogP contribution in [0.5, 0.6) is 0 Å². The van der Waals surface area contributed by atoms with Gasteiger partial charge in [-0.1, -0.05) is 0 Å². The predicted octanol–water partition coefficient (Wildman–Crippen LogP) is 2.92. The third-order valence-electron chi connectivity index (χ3n) is 6.76. The Morgan fingerprint density at radius 1 is 1.09 bits per heavy atom. The van der Waals surface area contributed by atoms with E-state index in [1.165, 1.54) is 6.20 Å². The number of anilines is 2. The van der Waals surface area contributed by atoms with Crippen LogP contribution in [0.15, 0.2) is 30.7 Å². The summed E-state index contributed by atoms with van der Waals surface area (Å²) in [5.74, 6) is 0.816. The minimum absolute atomic E-state index is 0.0534. The average Bonchev–Trinajstić information content (AvgIpc) is 3.50. The molecule has 3 aromatic rings. The molecule has 0 radical (unpaired) electrons. The number of fused-ring (bicyclic) bond motifs is 1. The first-order valence-electron chi connectivity index (χ1n) is 10.7. The molecule has 3 saturated heterocycles. The molecule has 3 aromatic heterocycles. The Balaban J connectivity index is 1.17. The second kappa shape index (κ2) is 7.03. The highest BCUT2D eigenvalue weighted by molar-refractivity contribution is 5.71. The van der Waals surface area contributed by atoms with Gasteiger partial charge in [0.25, 0.3) is 0 Å².